The Morgan fingerprint density at radius 1 is 1.02 bits per heavy atom. The van der Waals surface area contributed by atoms with Crippen LogP contribution in [0.15, 0.2) is 66.9 Å². The molecule has 0 bridgehead atoms. The minimum Gasteiger partial charge on any atom is -0.475 e. The standard InChI is InChI=1S/C31H31ClFN5O5/c32-24-9-3-1-6-20(24)14-36-16-26-27(17-36)42-19-28(39)38-13-12-37(31(41)22-7-2-4-10-25(22)33)15-21(38)18-43-30-23(29(40)35-26)8-5-11-34-30/h1-11,21,26-27H,12-19H2,(H,35,40)/t21-,26+,27-/m0/s1. The summed E-state index contributed by atoms with van der Waals surface area (Å²) in [6.07, 6.45) is 1.06. The summed E-state index contributed by atoms with van der Waals surface area (Å²) in [5, 5.41) is 3.71. The van der Waals surface area contributed by atoms with Crippen LogP contribution in [0.1, 0.15) is 26.3 Å². The van der Waals surface area contributed by atoms with Crippen LogP contribution in [0.5, 0.6) is 5.88 Å². The number of hydrogen-bond acceptors (Lipinski definition) is 7. The van der Waals surface area contributed by atoms with Crippen molar-refractivity contribution in [3.05, 3.63) is 94.4 Å². The average molecular weight is 608 g/mol. The second kappa shape index (κ2) is 12.7. The molecule has 0 aliphatic carbocycles. The summed E-state index contributed by atoms with van der Waals surface area (Å²) < 4.78 is 26.6. The second-order valence-corrected chi connectivity index (χ2v) is 11.3. The van der Waals surface area contributed by atoms with Crippen molar-refractivity contribution >= 4 is 29.3 Å². The van der Waals surface area contributed by atoms with Gasteiger partial charge in [0, 0.05) is 50.5 Å². The first-order chi connectivity index (χ1) is 20.9. The van der Waals surface area contributed by atoms with Crippen molar-refractivity contribution in [2.75, 3.05) is 45.9 Å². The second-order valence-electron chi connectivity index (χ2n) is 10.9. The molecule has 2 saturated heterocycles. The van der Waals surface area contributed by atoms with Crippen LogP contribution >= 0.6 is 11.6 Å². The number of nitrogens with one attached hydrogen (secondary N) is 1. The number of nitrogens with zero attached hydrogens (tertiary/aromatic N) is 4. The largest absolute Gasteiger partial charge is 0.475 e. The molecule has 2 aromatic carbocycles. The van der Waals surface area contributed by atoms with Crippen LogP contribution in [-0.4, -0.2) is 102 Å². The number of ether oxygens (including phenoxy) is 2. The predicted molar refractivity (Wildman–Crippen MR) is 155 cm³/mol. The van der Waals surface area contributed by atoms with E-state index in [1.807, 2.05) is 24.3 Å². The fraction of sp³-hybridized carbons (Fsp3) is 0.355. The molecule has 0 spiro atoms. The Morgan fingerprint density at radius 3 is 2.67 bits per heavy atom. The molecular weight excluding hydrogens is 577 g/mol. The van der Waals surface area contributed by atoms with Gasteiger partial charge in [0.2, 0.25) is 11.8 Å². The molecule has 43 heavy (non-hydrogen) atoms. The molecule has 3 aliphatic heterocycles. The number of likely N-dealkylation sites (tertiary alicyclic amines) is 1. The lowest BCUT2D eigenvalue weighted by Gasteiger charge is -2.41. The van der Waals surface area contributed by atoms with Crippen molar-refractivity contribution in [3.8, 4) is 5.88 Å². The van der Waals surface area contributed by atoms with E-state index in [9.17, 15) is 18.8 Å². The third-order valence-electron chi connectivity index (χ3n) is 8.05. The summed E-state index contributed by atoms with van der Waals surface area (Å²) in [7, 11) is 0. The van der Waals surface area contributed by atoms with Gasteiger partial charge in [-0.05, 0) is 35.9 Å². The number of carbonyl (C=O) groups is 3. The first kappa shape index (κ1) is 29.0. The number of benzene rings is 2. The van der Waals surface area contributed by atoms with Gasteiger partial charge in [-0.3, -0.25) is 19.3 Å². The fourth-order valence-electron chi connectivity index (χ4n) is 5.83. The first-order valence-electron chi connectivity index (χ1n) is 14.2. The zero-order chi connectivity index (χ0) is 29.9. The highest BCUT2D eigenvalue weighted by atomic mass is 35.5. The van der Waals surface area contributed by atoms with Crippen LogP contribution in [0.2, 0.25) is 5.02 Å². The minimum absolute atomic E-state index is 0.0252. The topological polar surface area (TPSA) is 104 Å². The molecule has 10 nitrogen and oxygen atoms in total. The van der Waals surface area contributed by atoms with E-state index in [0.29, 0.717) is 24.7 Å². The van der Waals surface area contributed by atoms with Gasteiger partial charge in [0.05, 0.1) is 23.8 Å². The number of halogens is 2. The predicted octanol–water partition coefficient (Wildman–Crippen LogP) is 2.62. The number of pyridine rings is 1. The Labute approximate surface area is 253 Å². The summed E-state index contributed by atoms with van der Waals surface area (Å²) in [5.41, 5.74) is 1.17. The Hall–Kier alpha value is -4.06. The van der Waals surface area contributed by atoms with Gasteiger partial charge in [0.1, 0.15) is 24.6 Å². The van der Waals surface area contributed by atoms with Crippen molar-refractivity contribution in [3.63, 3.8) is 0 Å². The monoisotopic (exact) mass is 607 g/mol. The van der Waals surface area contributed by atoms with Crippen LogP contribution in [0.3, 0.4) is 0 Å². The van der Waals surface area contributed by atoms with Crippen LogP contribution in [0.4, 0.5) is 4.39 Å². The number of carbonyl (C=O) groups excluding carboxylic acids is 3. The Kier molecular flexibility index (Phi) is 8.55. The normalized spacial score (nSPS) is 23.1. The number of fused-ring (bicyclic) bond motifs is 3. The summed E-state index contributed by atoms with van der Waals surface area (Å²) in [6, 6.07) is 15.7. The highest BCUT2D eigenvalue weighted by Gasteiger charge is 2.39. The third-order valence-corrected chi connectivity index (χ3v) is 8.42. The van der Waals surface area contributed by atoms with E-state index in [0.717, 1.165) is 5.56 Å². The molecule has 224 valence electrons. The molecule has 2 fully saturated rings. The molecule has 6 rings (SSSR count). The van der Waals surface area contributed by atoms with Crippen molar-refractivity contribution in [1.29, 1.82) is 0 Å². The Bertz CT molecular complexity index is 1530. The lowest BCUT2D eigenvalue weighted by atomic mass is 10.1. The highest BCUT2D eigenvalue weighted by molar-refractivity contribution is 6.31. The number of aromatic nitrogens is 1. The molecule has 1 aromatic heterocycles. The van der Waals surface area contributed by atoms with Gasteiger partial charge < -0.3 is 24.6 Å². The zero-order valence-electron chi connectivity index (χ0n) is 23.3. The molecule has 3 amide bonds. The van der Waals surface area contributed by atoms with Gasteiger partial charge in [0.15, 0.2) is 0 Å². The van der Waals surface area contributed by atoms with Gasteiger partial charge in [0.25, 0.3) is 11.8 Å². The van der Waals surface area contributed by atoms with E-state index in [1.54, 1.807) is 23.1 Å². The van der Waals surface area contributed by atoms with E-state index in [4.69, 9.17) is 21.1 Å². The minimum atomic E-state index is -0.607. The van der Waals surface area contributed by atoms with Crippen molar-refractivity contribution < 1.29 is 28.2 Å². The molecule has 0 unspecified atom stereocenters. The lowest BCUT2D eigenvalue weighted by Crippen LogP contribution is -2.59. The maximum Gasteiger partial charge on any atom is 0.257 e. The molecule has 3 aliphatic rings. The van der Waals surface area contributed by atoms with E-state index in [1.165, 1.54) is 29.3 Å². The van der Waals surface area contributed by atoms with E-state index < -0.39 is 29.9 Å². The molecule has 4 heterocycles. The van der Waals surface area contributed by atoms with Crippen LogP contribution in [0, 0.1) is 5.82 Å². The van der Waals surface area contributed by atoms with Crippen molar-refractivity contribution in [1.82, 2.24) is 25.0 Å². The smallest absolute Gasteiger partial charge is 0.257 e. The van der Waals surface area contributed by atoms with E-state index in [-0.39, 0.29) is 61.7 Å². The molecule has 0 radical (unpaired) electrons. The molecule has 1 N–H and O–H groups in total. The third kappa shape index (κ3) is 6.34. The van der Waals surface area contributed by atoms with Gasteiger partial charge in [-0.15, -0.1) is 0 Å². The lowest BCUT2D eigenvalue weighted by molar-refractivity contribution is -0.143. The number of piperazine rings is 1. The summed E-state index contributed by atoms with van der Waals surface area (Å²) in [4.78, 5) is 49.7. The number of amides is 3. The summed E-state index contributed by atoms with van der Waals surface area (Å²) >= 11 is 6.40. The average Bonchev–Trinajstić information content (AvgIpc) is 3.40. The van der Waals surface area contributed by atoms with E-state index >= 15 is 0 Å². The van der Waals surface area contributed by atoms with Crippen molar-refractivity contribution in [2.24, 2.45) is 0 Å². The molecular formula is C31H31ClFN5O5. The maximum atomic E-state index is 14.4. The Balaban J connectivity index is 1.24. The molecule has 3 aromatic rings. The highest BCUT2D eigenvalue weighted by Crippen LogP contribution is 2.24. The van der Waals surface area contributed by atoms with Crippen LogP contribution < -0.4 is 10.1 Å². The zero-order valence-corrected chi connectivity index (χ0v) is 24.1. The summed E-state index contributed by atoms with van der Waals surface area (Å²) in [5.74, 6) is -1.59. The van der Waals surface area contributed by atoms with Gasteiger partial charge in [-0.25, -0.2) is 9.37 Å². The fourth-order valence-corrected chi connectivity index (χ4v) is 6.03. The van der Waals surface area contributed by atoms with Crippen molar-refractivity contribution in [2.45, 2.75) is 24.7 Å². The first-order valence-corrected chi connectivity index (χ1v) is 14.5. The van der Waals surface area contributed by atoms with Crippen LogP contribution in [0.25, 0.3) is 0 Å². The SMILES string of the molecule is O=C1N[C@@H]2CN(Cc3ccccc3Cl)C[C@@H]2OCC(=O)N2CCN(C(=O)c3ccccc3F)C[C@H]2COc2ncccc21. The van der Waals surface area contributed by atoms with E-state index in [2.05, 4.69) is 15.2 Å². The van der Waals surface area contributed by atoms with Gasteiger partial charge in [-0.1, -0.05) is 41.9 Å². The van der Waals surface area contributed by atoms with Gasteiger partial charge >= 0.3 is 0 Å². The molecule has 0 saturated carbocycles. The molecule has 3 atom stereocenters. The number of rotatable bonds is 3. The maximum absolute atomic E-state index is 14.4. The molecule has 12 heteroatoms. The van der Waals surface area contributed by atoms with Crippen LogP contribution in [-0.2, 0) is 16.1 Å². The Morgan fingerprint density at radius 2 is 1.84 bits per heavy atom. The summed E-state index contributed by atoms with van der Waals surface area (Å²) in [6.45, 7) is 1.85. The number of hydrogen-bond donors (Lipinski definition) is 1. The van der Waals surface area contributed by atoms with Gasteiger partial charge in [-0.2, -0.15) is 0 Å². The quantitative estimate of drug-likeness (QED) is 0.488.